The summed E-state index contributed by atoms with van der Waals surface area (Å²) in [6.07, 6.45) is 6.55. The summed E-state index contributed by atoms with van der Waals surface area (Å²) in [6.45, 7) is 2.03. The Labute approximate surface area is 147 Å². The third kappa shape index (κ3) is 3.21. The molecule has 25 heavy (non-hydrogen) atoms. The van der Waals surface area contributed by atoms with Gasteiger partial charge in [0, 0.05) is 25.0 Å². The third-order valence-electron chi connectivity index (χ3n) is 5.15. The molecule has 2 aliphatic heterocycles. The lowest BCUT2D eigenvalue weighted by Crippen LogP contribution is -2.44. The number of aromatic nitrogens is 2. The van der Waals surface area contributed by atoms with Crippen LogP contribution >= 0.6 is 0 Å². The minimum Gasteiger partial charge on any atom is -0.497 e. The molecule has 6 heteroatoms. The molecule has 1 saturated heterocycles. The maximum absolute atomic E-state index is 13.1. The van der Waals surface area contributed by atoms with Crippen LogP contribution in [0.2, 0.25) is 0 Å². The Morgan fingerprint density at radius 2 is 2.36 bits per heavy atom. The Morgan fingerprint density at radius 1 is 1.44 bits per heavy atom. The van der Waals surface area contributed by atoms with Crippen LogP contribution < -0.4 is 9.47 Å². The zero-order valence-electron chi connectivity index (χ0n) is 14.4. The predicted octanol–water partition coefficient (Wildman–Crippen LogP) is 2.13. The van der Waals surface area contributed by atoms with Gasteiger partial charge >= 0.3 is 0 Å². The van der Waals surface area contributed by atoms with Crippen LogP contribution in [-0.2, 0) is 17.8 Å². The van der Waals surface area contributed by atoms with Gasteiger partial charge in [-0.2, -0.15) is 5.10 Å². The van der Waals surface area contributed by atoms with Crippen LogP contribution in [0.5, 0.6) is 11.5 Å². The molecule has 2 aromatic rings. The summed E-state index contributed by atoms with van der Waals surface area (Å²) in [7, 11) is 1.64. The standard InChI is InChI=1S/C19H23N3O3/c1-24-17-6-5-14-10-15(13-25-18(14)11-17)19(23)22-9-2-4-16(22)12-21-8-3-7-20-21/h3,5-8,11,15-16H,2,4,9-10,12-13H2,1H3/t15-,16+/m0/s1. The Bertz CT molecular complexity index is 744. The van der Waals surface area contributed by atoms with Gasteiger partial charge < -0.3 is 14.4 Å². The molecule has 0 unspecified atom stereocenters. The first-order chi connectivity index (χ1) is 12.2. The highest BCUT2D eigenvalue weighted by Gasteiger charge is 2.35. The van der Waals surface area contributed by atoms with Crippen molar-refractivity contribution in [3.05, 3.63) is 42.2 Å². The SMILES string of the molecule is COc1ccc2c(c1)OC[C@@H](C(=O)N1CCC[C@@H]1Cn1cccn1)C2. The highest BCUT2D eigenvalue weighted by atomic mass is 16.5. The molecule has 132 valence electrons. The first-order valence-electron chi connectivity index (χ1n) is 8.82. The Hall–Kier alpha value is -2.50. The fourth-order valence-electron chi connectivity index (χ4n) is 3.81. The van der Waals surface area contributed by atoms with Crippen LogP contribution in [0.15, 0.2) is 36.7 Å². The molecule has 0 N–H and O–H groups in total. The monoisotopic (exact) mass is 341 g/mol. The molecule has 1 aromatic heterocycles. The quantitative estimate of drug-likeness (QED) is 0.855. The molecular formula is C19H23N3O3. The second kappa shape index (κ2) is 6.78. The van der Waals surface area contributed by atoms with Crippen molar-refractivity contribution in [2.45, 2.75) is 31.8 Å². The number of carbonyl (C=O) groups is 1. The molecule has 0 spiro atoms. The van der Waals surface area contributed by atoms with E-state index in [4.69, 9.17) is 9.47 Å². The molecule has 4 rings (SSSR count). The van der Waals surface area contributed by atoms with Crippen LogP contribution in [0.3, 0.4) is 0 Å². The normalized spacial score (nSPS) is 22.4. The van der Waals surface area contributed by atoms with Crippen LogP contribution in [0.25, 0.3) is 0 Å². The third-order valence-corrected chi connectivity index (χ3v) is 5.15. The van der Waals surface area contributed by atoms with E-state index in [-0.39, 0.29) is 17.9 Å². The van der Waals surface area contributed by atoms with Crippen molar-refractivity contribution >= 4 is 5.91 Å². The molecule has 0 aliphatic carbocycles. The van der Waals surface area contributed by atoms with Crippen molar-refractivity contribution in [2.24, 2.45) is 5.92 Å². The molecule has 2 aliphatic rings. The van der Waals surface area contributed by atoms with E-state index in [0.717, 1.165) is 49.4 Å². The van der Waals surface area contributed by atoms with Gasteiger partial charge in [-0.05, 0) is 37.0 Å². The number of ether oxygens (including phenoxy) is 2. The fourth-order valence-corrected chi connectivity index (χ4v) is 3.81. The second-order valence-corrected chi connectivity index (χ2v) is 6.74. The van der Waals surface area contributed by atoms with Gasteiger partial charge in [-0.3, -0.25) is 9.48 Å². The molecule has 6 nitrogen and oxygen atoms in total. The first kappa shape index (κ1) is 16.0. The van der Waals surface area contributed by atoms with E-state index >= 15 is 0 Å². The van der Waals surface area contributed by atoms with Crippen molar-refractivity contribution in [3.63, 3.8) is 0 Å². The largest absolute Gasteiger partial charge is 0.497 e. The molecule has 1 aromatic carbocycles. The smallest absolute Gasteiger partial charge is 0.229 e. The molecule has 0 bridgehead atoms. The summed E-state index contributed by atoms with van der Waals surface area (Å²) in [5.74, 6) is 1.70. The number of hydrogen-bond donors (Lipinski definition) is 0. The van der Waals surface area contributed by atoms with E-state index < -0.39 is 0 Å². The van der Waals surface area contributed by atoms with E-state index in [1.165, 1.54) is 0 Å². The van der Waals surface area contributed by atoms with Crippen LogP contribution in [0.1, 0.15) is 18.4 Å². The van der Waals surface area contributed by atoms with Crippen molar-refractivity contribution < 1.29 is 14.3 Å². The molecule has 0 saturated carbocycles. The second-order valence-electron chi connectivity index (χ2n) is 6.74. The van der Waals surface area contributed by atoms with Gasteiger partial charge in [0.25, 0.3) is 0 Å². The van der Waals surface area contributed by atoms with Gasteiger partial charge in [-0.1, -0.05) is 6.07 Å². The van der Waals surface area contributed by atoms with Crippen LogP contribution in [-0.4, -0.2) is 46.9 Å². The number of nitrogens with zero attached hydrogens (tertiary/aromatic N) is 3. The van der Waals surface area contributed by atoms with Crippen molar-refractivity contribution in [1.29, 1.82) is 0 Å². The zero-order valence-corrected chi connectivity index (χ0v) is 14.4. The maximum atomic E-state index is 13.1. The van der Waals surface area contributed by atoms with Gasteiger partial charge in [-0.25, -0.2) is 0 Å². The number of amides is 1. The van der Waals surface area contributed by atoms with Gasteiger partial charge in [0.15, 0.2) is 0 Å². The number of carbonyl (C=O) groups excluding carboxylic acids is 1. The van der Waals surface area contributed by atoms with E-state index in [1.54, 1.807) is 13.3 Å². The van der Waals surface area contributed by atoms with Gasteiger partial charge in [0.2, 0.25) is 5.91 Å². The summed E-state index contributed by atoms with van der Waals surface area (Å²) < 4.78 is 13.0. The Morgan fingerprint density at radius 3 is 3.16 bits per heavy atom. The molecule has 1 fully saturated rings. The lowest BCUT2D eigenvalue weighted by molar-refractivity contribution is -0.138. The summed E-state index contributed by atoms with van der Waals surface area (Å²) >= 11 is 0. The van der Waals surface area contributed by atoms with Crippen LogP contribution in [0.4, 0.5) is 0 Å². The summed E-state index contributed by atoms with van der Waals surface area (Å²) in [5.41, 5.74) is 1.08. The number of rotatable bonds is 4. The molecular weight excluding hydrogens is 318 g/mol. The topological polar surface area (TPSA) is 56.6 Å². The Kier molecular flexibility index (Phi) is 4.34. The van der Waals surface area contributed by atoms with Gasteiger partial charge in [0.05, 0.1) is 25.6 Å². The summed E-state index contributed by atoms with van der Waals surface area (Å²) in [4.78, 5) is 15.1. The van der Waals surface area contributed by atoms with Gasteiger partial charge in [-0.15, -0.1) is 0 Å². The number of likely N-dealkylation sites (tertiary alicyclic amines) is 1. The number of methoxy groups -OCH3 is 1. The van der Waals surface area contributed by atoms with E-state index in [0.29, 0.717) is 6.61 Å². The summed E-state index contributed by atoms with van der Waals surface area (Å²) in [5, 5.41) is 4.27. The van der Waals surface area contributed by atoms with Crippen LogP contribution in [0, 0.1) is 5.92 Å². The van der Waals surface area contributed by atoms with E-state index in [9.17, 15) is 4.79 Å². The predicted molar refractivity (Wildman–Crippen MR) is 92.6 cm³/mol. The van der Waals surface area contributed by atoms with Gasteiger partial charge in [0.1, 0.15) is 18.1 Å². The van der Waals surface area contributed by atoms with Crippen molar-refractivity contribution in [3.8, 4) is 11.5 Å². The van der Waals surface area contributed by atoms with Crippen molar-refractivity contribution in [1.82, 2.24) is 14.7 Å². The molecule has 0 radical (unpaired) electrons. The average Bonchev–Trinajstić information content (AvgIpc) is 3.32. The zero-order chi connectivity index (χ0) is 17.2. The lowest BCUT2D eigenvalue weighted by atomic mass is 9.95. The minimum absolute atomic E-state index is 0.112. The number of hydrogen-bond acceptors (Lipinski definition) is 4. The average molecular weight is 341 g/mol. The first-order valence-corrected chi connectivity index (χ1v) is 8.82. The molecule has 1 amide bonds. The Balaban J connectivity index is 1.45. The molecule has 3 heterocycles. The summed E-state index contributed by atoms with van der Waals surface area (Å²) in [6, 6.07) is 7.96. The van der Waals surface area contributed by atoms with E-state index in [1.807, 2.05) is 40.0 Å². The number of benzene rings is 1. The highest BCUT2D eigenvalue weighted by molar-refractivity contribution is 5.80. The molecule has 2 atom stereocenters. The lowest BCUT2D eigenvalue weighted by Gasteiger charge is -2.31. The van der Waals surface area contributed by atoms with E-state index in [2.05, 4.69) is 5.10 Å². The minimum atomic E-state index is -0.112. The van der Waals surface area contributed by atoms with Crippen molar-refractivity contribution in [2.75, 3.05) is 20.3 Å². The maximum Gasteiger partial charge on any atom is 0.229 e. The fraction of sp³-hybridized carbons (Fsp3) is 0.474. The highest BCUT2D eigenvalue weighted by Crippen LogP contribution is 2.32. The number of fused-ring (bicyclic) bond motifs is 1.